The highest BCUT2D eigenvalue weighted by Gasteiger charge is 2.16. The number of hydrogen-bond donors (Lipinski definition) is 2. The van der Waals surface area contributed by atoms with Crippen molar-refractivity contribution in [3.05, 3.63) is 64.7 Å². The van der Waals surface area contributed by atoms with Gasteiger partial charge in [0.2, 0.25) is 5.91 Å². The van der Waals surface area contributed by atoms with Gasteiger partial charge in [-0.1, -0.05) is 48.0 Å². The minimum atomic E-state index is -0.710. The summed E-state index contributed by atoms with van der Waals surface area (Å²) in [7, 11) is 0. The quantitative estimate of drug-likeness (QED) is 0.902. The standard InChI is InChI=1S/C15H15ClN2O/c1-10-7-8-12(16)13(9-10)18-15(19)14(17)11-5-3-2-4-6-11/h2-9,14H,17H2,1H3,(H,18,19)/t14-/m1/s1. The third kappa shape index (κ3) is 3.34. The molecule has 1 atom stereocenters. The van der Waals surface area contributed by atoms with Gasteiger partial charge in [0.25, 0.3) is 0 Å². The number of aryl methyl sites for hydroxylation is 1. The van der Waals surface area contributed by atoms with Gasteiger partial charge in [0.15, 0.2) is 0 Å². The number of carbonyl (C=O) groups is 1. The molecule has 3 nitrogen and oxygen atoms in total. The monoisotopic (exact) mass is 274 g/mol. The fourth-order valence-corrected chi connectivity index (χ4v) is 1.92. The number of anilines is 1. The second-order valence-corrected chi connectivity index (χ2v) is 4.77. The van der Waals surface area contributed by atoms with Crippen LogP contribution >= 0.6 is 11.6 Å². The van der Waals surface area contributed by atoms with Gasteiger partial charge in [-0.2, -0.15) is 0 Å². The lowest BCUT2D eigenvalue weighted by Gasteiger charge is -2.13. The molecule has 19 heavy (non-hydrogen) atoms. The summed E-state index contributed by atoms with van der Waals surface area (Å²) in [6.07, 6.45) is 0. The van der Waals surface area contributed by atoms with E-state index in [-0.39, 0.29) is 5.91 Å². The van der Waals surface area contributed by atoms with Crippen molar-refractivity contribution in [3.8, 4) is 0 Å². The van der Waals surface area contributed by atoms with Crippen molar-refractivity contribution < 1.29 is 4.79 Å². The highest BCUT2D eigenvalue weighted by atomic mass is 35.5. The first kappa shape index (κ1) is 13.6. The molecule has 0 radical (unpaired) electrons. The molecule has 0 aliphatic rings. The number of halogens is 1. The summed E-state index contributed by atoms with van der Waals surface area (Å²) in [6.45, 7) is 1.93. The number of hydrogen-bond acceptors (Lipinski definition) is 2. The Morgan fingerprint density at radius 2 is 1.89 bits per heavy atom. The number of carbonyl (C=O) groups excluding carboxylic acids is 1. The molecule has 4 heteroatoms. The Kier molecular flexibility index (Phi) is 4.20. The molecule has 0 aliphatic heterocycles. The maximum Gasteiger partial charge on any atom is 0.245 e. The van der Waals surface area contributed by atoms with Crippen molar-refractivity contribution in [2.45, 2.75) is 13.0 Å². The predicted molar refractivity (Wildman–Crippen MR) is 78.2 cm³/mol. The molecule has 0 heterocycles. The van der Waals surface area contributed by atoms with Crippen LogP contribution in [0.1, 0.15) is 17.2 Å². The lowest BCUT2D eigenvalue weighted by atomic mass is 10.1. The van der Waals surface area contributed by atoms with Crippen LogP contribution in [0.5, 0.6) is 0 Å². The second kappa shape index (κ2) is 5.87. The minimum Gasteiger partial charge on any atom is -0.323 e. The largest absolute Gasteiger partial charge is 0.323 e. The zero-order chi connectivity index (χ0) is 13.8. The predicted octanol–water partition coefficient (Wildman–Crippen LogP) is 3.29. The first-order valence-corrected chi connectivity index (χ1v) is 6.33. The fourth-order valence-electron chi connectivity index (χ4n) is 1.76. The highest BCUT2D eigenvalue weighted by molar-refractivity contribution is 6.33. The molecule has 0 saturated heterocycles. The van der Waals surface area contributed by atoms with Crippen LogP contribution in [-0.2, 0) is 4.79 Å². The van der Waals surface area contributed by atoms with E-state index in [4.69, 9.17) is 17.3 Å². The minimum absolute atomic E-state index is 0.279. The lowest BCUT2D eigenvalue weighted by molar-refractivity contribution is -0.117. The van der Waals surface area contributed by atoms with E-state index in [1.165, 1.54) is 0 Å². The Labute approximate surface area is 117 Å². The van der Waals surface area contributed by atoms with E-state index in [0.29, 0.717) is 10.7 Å². The number of amides is 1. The summed E-state index contributed by atoms with van der Waals surface area (Å²) in [6, 6.07) is 14.0. The Morgan fingerprint density at radius 1 is 1.21 bits per heavy atom. The summed E-state index contributed by atoms with van der Waals surface area (Å²) in [4.78, 5) is 12.1. The van der Waals surface area contributed by atoms with E-state index in [1.807, 2.05) is 49.4 Å². The van der Waals surface area contributed by atoms with Crippen molar-refractivity contribution in [2.75, 3.05) is 5.32 Å². The lowest BCUT2D eigenvalue weighted by Crippen LogP contribution is -2.27. The van der Waals surface area contributed by atoms with Crippen molar-refractivity contribution in [3.63, 3.8) is 0 Å². The summed E-state index contributed by atoms with van der Waals surface area (Å²) in [5.41, 5.74) is 8.29. The van der Waals surface area contributed by atoms with Gasteiger partial charge in [0, 0.05) is 0 Å². The van der Waals surface area contributed by atoms with Crippen molar-refractivity contribution >= 4 is 23.2 Å². The summed E-state index contributed by atoms with van der Waals surface area (Å²) >= 11 is 6.04. The molecule has 98 valence electrons. The van der Waals surface area contributed by atoms with Gasteiger partial charge in [-0.3, -0.25) is 4.79 Å². The Bertz CT molecular complexity index is 584. The molecule has 0 unspecified atom stereocenters. The molecule has 2 aromatic rings. The van der Waals surface area contributed by atoms with Crippen LogP contribution in [0.2, 0.25) is 5.02 Å². The number of nitrogens with two attached hydrogens (primary N) is 1. The molecule has 0 bridgehead atoms. The van der Waals surface area contributed by atoms with Gasteiger partial charge < -0.3 is 11.1 Å². The molecule has 0 saturated carbocycles. The van der Waals surface area contributed by atoms with Gasteiger partial charge >= 0.3 is 0 Å². The Morgan fingerprint density at radius 3 is 2.58 bits per heavy atom. The van der Waals surface area contributed by atoms with Crippen LogP contribution in [0.3, 0.4) is 0 Å². The molecule has 1 amide bonds. The maximum atomic E-state index is 12.1. The molecule has 0 aliphatic carbocycles. The molecule has 2 aromatic carbocycles. The van der Waals surface area contributed by atoms with Gasteiger partial charge in [0.1, 0.15) is 6.04 Å². The summed E-state index contributed by atoms with van der Waals surface area (Å²) in [5, 5.41) is 3.25. The third-order valence-electron chi connectivity index (χ3n) is 2.82. The molecular weight excluding hydrogens is 260 g/mol. The Balaban J connectivity index is 2.15. The Hall–Kier alpha value is -1.84. The second-order valence-electron chi connectivity index (χ2n) is 4.36. The van der Waals surface area contributed by atoms with E-state index >= 15 is 0 Å². The first-order chi connectivity index (χ1) is 9.08. The van der Waals surface area contributed by atoms with Crippen molar-refractivity contribution in [2.24, 2.45) is 5.73 Å². The van der Waals surface area contributed by atoms with Gasteiger partial charge in [-0.15, -0.1) is 0 Å². The number of rotatable bonds is 3. The van der Waals surface area contributed by atoms with Gasteiger partial charge in [0.05, 0.1) is 10.7 Å². The van der Waals surface area contributed by atoms with E-state index in [9.17, 15) is 4.79 Å². The topological polar surface area (TPSA) is 55.1 Å². The van der Waals surface area contributed by atoms with Crippen LogP contribution in [0.4, 0.5) is 5.69 Å². The van der Waals surface area contributed by atoms with E-state index in [2.05, 4.69) is 5.32 Å². The number of nitrogens with one attached hydrogen (secondary N) is 1. The van der Waals surface area contributed by atoms with Crippen molar-refractivity contribution in [1.29, 1.82) is 0 Å². The van der Waals surface area contributed by atoms with E-state index in [1.54, 1.807) is 6.07 Å². The zero-order valence-electron chi connectivity index (χ0n) is 10.6. The highest BCUT2D eigenvalue weighted by Crippen LogP contribution is 2.23. The van der Waals surface area contributed by atoms with E-state index in [0.717, 1.165) is 11.1 Å². The van der Waals surface area contributed by atoms with Crippen LogP contribution < -0.4 is 11.1 Å². The average molecular weight is 275 g/mol. The molecule has 0 fully saturated rings. The smallest absolute Gasteiger partial charge is 0.245 e. The molecule has 3 N–H and O–H groups in total. The molecule has 2 rings (SSSR count). The summed E-state index contributed by atoms with van der Waals surface area (Å²) < 4.78 is 0. The van der Waals surface area contributed by atoms with Crippen LogP contribution in [-0.4, -0.2) is 5.91 Å². The number of benzene rings is 2. The van der Waals surface area contributed by atoms with Crippen LogP contribution in [0.25, 0.3) is 0 Å². The molecule has 0 spiro atoms. The fraction of sp³-hybridized carbons (Fsp3) is 0.133. The summed E-state index contributed by atoms with van der Waals surface area (Å²) in [5.74, 6) is -0.279. The normalized spacial score (nSPS) is 11.9. The third-order valence-corrected chi connectivity index (χ3v) is 3.15. The van der Waals surface area contributed by atoms with Crippen molar-refractivity contribution in [1.82, 2.24) is 0 Å². The maximum absolute atomic E-state index is 12.1. The SMILES string of the molecule is Cc1ccc(Cl)c(NC(=O)[C@H](N)c2ccccc2)c1. The van der Waals surface area contributed by atoms with Gasteiger partial charge in [-0.25, -0.2) is 0 Å². The average Bonchev–Trinajstić information content (AvgIpc) is 2.43. The zero-order valence-corrected chi connectivity index (χ0v) is 11.3. The molecular formula is C15H15ClN2O. The van der Waals surface area contributed by atoms with Crippen LogP contribution in [0.15, 0.2) is 48.5 Å². The first-order valence-electron chi connectivity index (χ1n) is 5.95. The van der Waals surface area contributed by atoms with E-state index < -0.39 is 6.04 Å². The van der Waals surface area contributed by atoms with Crippen LogP contribution in [0, 0.1) is 6.92 Å². The van der Waals surface area contributed by atoms with Gasteiger partial charge in [-0.05, 0) is 30.2 Å². The molecule has 0 aromatic heterocycles.